The number of fused-ring (bicyclic) bond motifs is 1. The minimum absolute atomic E-state index is 0.235. The molecule has 4 heteroatoms. The van der Waals surface area contributed by atoms with Gasteiger partial charge in [-0.2, -0.15) is 4.39 Å². The Kier molecular flexibility index (Phi) is 2.22. The van der Waals surface area contributed by atoms with E-state index in [0.29, 0.717) is 11.5 Å². The van der Waals surface area contributed by atoms with Crippen molar-refractivity contribution >= 4 is 22.0 Å². The summed E-state index contributed by atoms with van der Waals surface area (Å²) in [6, 6.07) is 5.24. The van der Waals surface area contributed by atoms with Crippen LogP contribution in [0.25, 0.3) is 6.08 Å². The molecule has 0 aliphatic carbocycles. The number of hydrogen-bond donors (Lipinski definition) is 0. The molecular weight excluding hydrogens is 239 g/mol. The largest absolute Gasteiger partial charge is 0.454 e. The van der Waals surface area contributed by atoms with Crippen molar-refractivity contribution in [2.75, 3.05) is 6.79 Å². The van der Waals surface area contributed by atoms with Crippen LogP contribution in [0.15, 0.2) is 22.9 Å². The lowest BCUT2D eigenvalue weighted by molar-refractivity contribution is 0.174. The minimum Gasteiger partial charge on any atom is -0.454 e. The Bertz CT molecular complexity index is 359. The van der Waals surface area contributed by atoms with Crippen LogP contribution in [-0.4, -0.2) is 6.79 Å². The Balaban J connectivity index is 2.36. The van der Waals surface area contributed by atoms with E-state index in [4.69, 9.17) is 9.47 Å². The van der Waals surface area contributed by atoms with E-state index in [9.17, 15) is 4.39 Å². The highest BCUT2D eigenvalue weighted by Gasteiger charge is 2.12. The van der Waals surface area contributed by atoms with E-state index >= 15 is 0 Å². The first-order chi connectivity index (χ1) is 6.25. The third-order valence-corrected chi connectivity index (χ3v) is 1.90. The Morgan fingerprint density at radius 1 is 1.38 bits per heavy atom. The van der Waals surface area contributed by atoms with Gasteiger partial charge in [-0.15, -0.1) is 0 Å². The zero-order chi connectivity index (χ0) is 9.26. The lowest BCUT2D eigenvalue weighted by Crippen LogP contribution is -1.92. The van der Waals surface area contributed by atoms with E-state index in [-0.39, 0.29) is 6.79 Å². The van der Waals surface area contributed by atoms with Gasteiger partial charge in [-0.3, -0.25) is 0 Å². The molecular formula is C9H6BrFO2. The second-order valence-corrected chi connectivity index (χ2v) is 3.30. The molecule has 2 nitrogen and oxygen atoms in total. The number of hydrogen-bond acceptors (Lipinski definition) is 2. The fraction of sp³-hybridized carbons (Fsp3) is 0.111. The quantitative estimate of drug-likeness (QED) is 0.756. The standard InChI is InChI=1S/C9H6BrFO2/c10-9(11)4-6-1-2-7-8(3-6)13-5-12-7/h1-4H,5H2/b9-4-. The molecule has 0 atom stereocenters. The molecule has 0 amide bonds. The van der Waals surface area contributed by atoms with Crippen LogP contribution in [-0.2, 0) is 0 Å². The molecule has 1 heterocycles. The van der Waals surface area contributed by atoms with Crippen LogP contribution in [0, 0.1) is 0 Å². The van der Waals surface area contributed by atoms with Gasteiger partial charge in [-0.05, 0) is 39.7 Å². The van der Waals surface area contributed by atoms with Gasteiger partial charge in [0.15, 0.2) is 16.2 Å². The first-order valence-electron chi connectivity index (χ1n) is 3.68. The van der Waals surface area contributed by atoms with Crippen molar-refractivity contribution in [1.29, 1.82) is 0 Å². The summed E-state index contributed by atoms with van der Waals surface area (Å²) in [5.74, 6) is 1.36. The monoisotopic (exact) mass is 244 g/mol. The first kappa shape index (κ1) is 8.56. The van der Waals surface area contributed by atoms with E-state index in [2.05, 4.69) is 15.9 Å². The predicted octanol–water partition coefficient (Wildman–Crippen LogP) is 3.08. The van der Waals surface area contributed by atoms with Crippen LogP contribution >= 0.6 is 15.9 Å². The summed E-state index contributed by atoms with van der Waals surface area (Å²) in [7, 11) is 0. The van der Waals surface area contributed by atoms with Crippen molar-refractivity contribution in [3.8, 4) is 11.5 Å². The van der Waals surface area contributed by atoms with Gasteiger partial charge < -0.3 is 9.47 Å². The number of halogens is 2. The Morgan fingerprint density at radius 3 is 2.92 bits per heavy atom. The molecule has 1 aromatic rings. The highest BCUT2D eigenvalue weighted by molar-refractivity contribution is 9.11. The fourth-order valence-corrected chi connectivity index (χ4v) is 1.39. The van der Waals surface area contributed by atoms with Gasteiger partial charge >= 0.3 is 0 Å². The average molecular weight is 245 g/mol. The van der Waals surface area contributed by atoms with Crippen molar-refractivity contribution in [2.24, 2.45) is 0 Å². The van der Waals surface area contributed by atoms with Crippen molar-refractivity contribution in [2.45, 2.75) is 0 Å². The molecule has 0 bridgehead atoms. The molecule has 0 saturated heterocycles. The second-order valence-electron chi connectivity index (χ2n) is 2.55. The van der Waals surface area contributed by atoms with E-state index in [0.717, 1.165) is 5.56 Å². The third kappa shape index (κ3) is 1.83. The normalized spacial score (nSPS) is 14.8. The van der Waals surface area contributed by atoms with Gasteiger partial charge in [0.25, 0.3) is 0 Å². The lowest BCUT2D eigenvalue weighted by atomic mass is 10.2. The van der Waals surface area contributed by atoms with Gasteiger partial charge in [0.1, 0.15) is 0 Å². The summed E-state index contributed by atoms with van der Waals surface area (Å²) in [4.78, 5) is 0. The van der Waals surface area contributed by atoms with Crippen molar-refractivity contribution in [3.63, 3.8) is 0 Å². The Morgan fingerprint density at radius 2 is 2.15 bits per heavy atom. The van der Waals surface area contributed by atoms with Crippen molar-refractivity contribution < 1.29 is 13.9 Å². The van der Waals surface area contributed by atoms with E-state index in [1.807, 2.05) is 0 Å². The molecule has 13 heavy (non-hydrogen) atoms. The number of benzene rings is 1. The van der Waals surface area contributed by atoms with E-state index < -0.39 is 4.74 Å². The molecule has 0 aromatic heterocycles. The van der Waals surface area contributed by atoms with E-state index in [1.54, 1.807) is 18.2 Å². The summed E-state index contributed by atoms with van der Waals surface area (Å²) in [6.45, 7) is 0.235. The smallest absolute Gasteiger partial charge is 0.231 e. The zero-order valence-corrected chi connectivity index (χ0v) is 8.17. The van der Waals surface area contributed by atoms with Gasteiger partial charge in [0, 0.05) is 0 Å². The maximum Gasteiger partial charge on any atom is 0.231 e. The number of ether oxygens (including phenoxy) is 2. The van der Waals surface area contributed by atoms with Gasteiger partial charge in [-0.25, -0.2) is 0 Å². The van der Waals surface area contributed by atoms with Gasteiger partial charge in [-0.1, -0.05) is 6.07 Å². The van der Waals surface area contributed by atoms with Crippen LogP contribution in [0.1, 0.15) is 5.56 Å². The number of rotatable bonds is 1. The lowest BCUT2D eigenvalue weighted by Gasteiger charge is -1.96. The predicted molar refractivity (Wildman–Crippen MR) is 50.6 cm³/mol. The topological polar surface area (TPSA) is 18.5 Å². The fourth-order valence-electron chi connectivity index (χ4n) is 1.13. The molecule has 0 spiro atoms. The molecule has 0 N–H and O–H groups in total. The van der Waals surface area contributed by atoms with Crippen LogP contribution in [0.4, 0.5) is 4.39 Å². The summed E-state index contributed by atoms with van der Waals surface area (Å²) in [5, 5.41) is 0. The van der Waals surface area contributed by atoms with Crippen LogP contribution < -0.4 is 9.47 Å². The molecule has 0 unspecified atom stereocenters. The van der Waals surface area contributed by atoms with Gasteiger partial charge in [0.2, 0.25) is 6.79 Å². The van der Waals surface area contributed by atoms with Crippen molar-refractivity contribution in [3.05, 3.63) is 28.5 Å². The van der Waals surface area contributed by atoms with Crippen LogP contribution in [0.5, 0.6) is 11.5 Å². The molecule has 1 aliphatic rings. The summed E-state index contributed by atoms with van der Waals surface area (Å²) >= 11 is 2.71. The second kappa shape index (κ2) is 3.38. The highest BCUT2D eigenvalue weighted by atomic mass is 79.9. The summed E-state index contributed by atoms with van der Waals surface area (Å²) in [5.41, 5.74) is 0.735. The first-order valence-corrected chi connectivity index (χ1v) is 4.47. The molecule has 0 fully saturated rings. The summed E-state index contributed by atoms with van der Waals surface area (Å²) in [6.07, 6.45) is 1.36. The molecule has 1 aliphatic heterocycles. The average Bonchev–Trinajstić information content (AvgIpc) is 2.49. The SMILES string of the molecule is F/C(Br)=C\c1ccc2c(c1)OCO2. The minimum atomic E-state index is -0.411. The van der Waals surface area contributed by atoms with Crippen molar-refractivity contribution in [1.82, 2.24) is 0 Å². The third-order valence-electron chi connectivity index (χ3n) is 1.67. The Labute approximate surface area is 83.1 Å². The molecule has 0 radical (unpaired) electrons. The highest BCUT2D eigenvalue weighted by Crippen LogP contribution is 2.33. The summed E-state index contributed by atoms with van der Waals surface area (Å²) < 4.78 is 22.3. The molecule has 0 saturated carbocycles. The molecule has 68 valence electrons. The maximum atomic E-state index is 12.4. The van der Waals surface area contributed by atoms with Crippen LogP contribution in [0.2, 0.25) is 0 Å². The van der Waals surface area contributed by atoms with Gasteiger partial charge in [0.05, 0.1) is 0 Å². The molecule has 1 aromatic carbocycles. The van der Waals surface area contributed by atoms with E-state index in [1.165, 1.54) is 6.08 Å². The zero-order valence-electron chi connectivity index (χ0n) is 6.59. The Hall–Kier alpha value is -1.03. The molecule has 2 rings (SSSR count). The van der Waals surface area contributed by atoms with Crippen LogP contribution in [0.3, 0.4) is 0 Å². The maximum absolute atomic E-state index is 12.4.